The number of ketones is 1. The molecule has 1 aromatic carbocycles. The van der Waals surface area contributed by atoms with Gasteiger partial charge in [-0.1, -0.05) is 39.0 Å². The number of carbonyl (C=O) groups is 1. The molecule has 1 heterocycles. The first-order valence-corrected chi connectivity index (χ1v) is 6.72. The van der Waals surface area contributed by atoms with Crippen LogP contribution in [0.3, 0.4) is 0 Å². The number of benzene rings is 1. The van der Waals surface area contributed by atoms with Crippen molar-refractivity contribution in [2.75, 3.05) is 11.9 Å². The van der Waals surface area contributed by atoms with Crippen LogP contribution >= 0.6 is 0 Å². The largest absolute Gasteiger partial charge is 0.370 e. The molecule has 2 atom stereocenters. The Labute approximate surface area is 109 Å². The van der Waals surface area contributed by atoms with E-state index in [1.54, 1.807) is 0 Å². The van der Waals surface area contributed by atoms with E-state index in [1.807, 2.05) is 0 Å². The zero-order valence-electron chi connectivity index (χ0n) is 11.7. The van der Waals surface area contributed by atoms with Gasteiger partial charge in [-0.2, -0.15) is 0 Å². The molecule has 3 rings (SSSR count). The van der Waals surface area contributed by atoms with E-state index < -0.39 is 0 Å². The molecule has 0 spiro atoms. The van der Waals surface area contributed by atoms with E-state index in [2.05, 4.69) is 57.0 Å². The van der Waals surface area contributed by atoms with Crippen LogP contribution in [0.2, 0.25) is 0 Å². The molecular weight excluding hydrogens is 222 g/mol. The number of hydrogen-bond donors (Lipinski definition) is 0. The lowest BCUT2D eigenvalue weighted by Crippen LogP contribution is -2.55. The Morgan fingerprint density at radius 2 is 1.89 bits per heavy atom. The second-order valence-electron chi connectivity index (χ2n) is 6.65. The molecule has 1 aliphatic carbocycles. The van der Waals surface area contributed by atoms with E-state index in [4.69, 9.17) is 0 Å². The van der Waals surface area contributed by atoms with Gasteiger partial charge in [0, 0.05) is 37.0 Å². The summed E-state index contributed by atoms with van der Waals surface area (Å²) in [7, 11) is 2.13. The van der Waals surface area contributed by atoms with E-state index in [9.17, 15) is 4.79 Å². The highest BCUT2D eigenvalue weighted by atomic mass is 16.1. The Morgan fingerprint density at radius 1 is 1.22 bits per heavy atom. The van der Waals surface area contributed by atoms with Crippen molar-refractivity contribution < 1.29 is 4.79 Å². The molecule has 0 saturated heterocycles. The maximum Gasteiger partial charge on any atom is 0.135 e. The van der Waals surface area contributed by atoms with Crippen LogP contribution in [0.5, 0.6) is 0 Å². The van der Waals surface area contributed by atoms with Crippen LogP contribution in [0.15, 0.2) is 24.3 Å². The predicted molar refractivity (Wildman–Crippen MR) is 74.0 cm³/mol. The molecule has 0 amide bonds. The lowest BCUT2D eigenvalue weighted by molar-refractivity contribution is -0.126. The van der Waals surface area contributed by atoms with Crippen LogP contribution in [0.4, 0.5) is 5.69 Å². The number of rotatable bonds is 0. The van der Waals surface area contributed by atoms with Crippen LogP contribution < -0.4 is 4.90 Å². The Balaban J connectivity index is 2.23. The van der Waals surface area contributed by atoms with Gasteiger partial charge in [-0.05, 0) is 17.0 Å². The van der Waals surface area contributed by atoms with Crippen molar-refractivity contribution in [2.24, 2.45) is 5.41 Å². The number of hydrogen-bond acceptors (Lipinski definition) is 2. The molecule has 1 aromatic rings. The minimum atomic E-state index is 0.0217. The normalized spacial score (nSPS) is 33.2. The quantitative estimate of drug-likeness (QED) is 0.697. The van der Waals surface area contributed by atoms with Crippen molar-refractivity contribution in [3.05, 3.63) is 29.8 Å². The molecule has 2 nitrogen and oxygen atoms in total. The highest BCUT2D eigenvalue weighted by Gasteiger charge is 2.58. The first kappa shape index (κ1) is 11.8. The number of likely N-dealkylation sites (N-methyl/N-ethyl adjacent to an activating group) is 1. The summed E-state index contributed by atoms with van der Waals surface area (Å²) in [6.45, 7) is 6.83. The van der Waals surface area contributed by atoms with Gasteiger partial charge in [0.05, 0.1) is 0 Å². The van der Waals surface area contributed by atoms with Gasteiger partial charge in [0.2, 0.25) is 0 Å². The zero-order valence-corrected chi connectivity index (χ0v) is 11.7. The third-order valence-corrected chi connectivity index (χ3v) is 5.44. The topological polar surface area (TPSA) is 20.3 Å². The van der Waals surface area contributed by atoms with Gasteiger partial charge >= 0.3 is 0 Å². The zero-order chi connectivity index (χ0) is 13.1. The number of Topliss-reactive ketones (excluding diaryl/α,β-unsaturated/α-hetero) is 1. The number of para-hydroxylation sites is 1. The molecule has 0 bridgehead atoms. The molecule has 0 aromatic heterocycles. The Kier molecular flexibility index (Phi) is 2.20. The minimum absolute atomic E-state index is 0.0217. The molecule has 18 heavy (non-hydrogen) atoms. The van der Waals surface area contributed by atoms with Crippen molar-refractivity contribution in [2.45, 2.75) is 45.1 Å². The number of carbonyl (C=O) groups excluding carboxylic acids is 1. The van der Waals surface area contributed by atoms with Crippen LogP contribution in [0.25, 0.3) is 0 Å². The highest BCUT2D eigenvalue weighted by molar-refractivity contribution is 5.84. The Morgan fingerprint density at radius 3 is 2.61 bits per heavy atom. The van der Waals surface area contributed by atoms with Crippen LogP contribution in [-0.2, 0) is 10.2 Å². The summed E-state index contributed by atoms with van der Waals surface area (Å²) in [4.78, 5) is 14.3. The first-order valence-electron chi connectivity index (χ1n) is 6.72. The molecule has 1 aliphatic heterocycles. The van der Waals surface area contributed by atoms with E-state index in [0.717, 1.165) is 0 Å². The summed E-state index contributed by atoms with van der Waals surface area (Å²) in [6, 6.07) is 8.94. The monoisotopic (exact) mass is 243 g/mol. The smallest absolute Gasteiger partial charge is 0.135 e. The molecule has 0 unspecified atom stereocenters. The molecule has 0 radical (unpaired) electrons. The molecule has 2 heteroatoms. The minimum Gasteiger partial charge on any atom is -0.370 e. The second-order valence-corrected chi connectivity index (χ2v) is 6.65. The molecule has 1 saturated carbocycles. The van der Waals surface area contributed by atoms with E-state index in [1.165, 1.54) is 11.3 Å². The summed E-state index contributed by atoms with van der Waals surface area (Å²) in [5, 5.41) is 0. The van der Waals surface area contributed by atoms with Crippen molar-refractivity contribution in [1.82, 2.24) is 0 Å². The lowest BCUT2D eigenvalue weighted by atomic mass is 9.54. The molecule has 0 N–H and O–H groups in total. The van der Waals surface area contributed by atoms with Gasteiger partial charge in [-0.15, -0.1) is 0 Å². The third kappa shape index (κ3) is 1.21. The van der Waals surface area contributed by atoms with Crippen LogP contribution in [0, 0.1) is 5.41 Å². The van der Waals surface area contributed by atoms with Gasteiger partial charge in [-0.3, -0.25) is 4.79 Å². The number of nitrogens with zero attached hydrogens (tertiary/aromatic N) is 1. The lowest BCUT2D eigenvalue weighted by Gasteiger charge is -2.50. The fraction of sp³-hybridized carbons (Fsp3) is 0.562. The van der Waals surface area contributed by atoms with Crippen LogP contribution in [0.1, 0.15) is 39.2 Å². The maximum atomic E-state index is 12.0. The van der Waals surface area contributed by atoms with E-state index >= 15 is 0 Å². The SMILES string of the molecule is CN1c2ccccc2[C@]2(C)[C@H]1CC(=O)CC2(C)C. The van der Waals surface area contributed by atoms with Crippen molar-refractivity contribution in [3.8, 4) is 0 Å². The van der Waals surface area contributed by atoms with Crippen molar-refractivity contribution in [3.63, 3.8) is 0 Å². The highest BCUT2D eigenvalue weighted by Crippen LogP contribution is 2.58. The fourth-order valence-corrected chi connectivity index (χ4v) is 4.08. The summed E-state index contributed by atoms with van der Waals surface area (Å²) in [6.07, 6.45) is 1.38. The summed E-state index contributed by atoms with van der Waals surface area (Å²) >= 11 is 0. The molecule has 1 fully saturated rings. The van der Waals surface area contributed by atoms with Gasteiger partial charge in [0.25, 0.3) is 0 Å². The number of fused-ring (bicyclic) bond motifs is 3. The molecule has 96 valence electrons. The van der Waals surface area contributed by atoms with Crippen molar-refractivity contribution >= 4 is 11.5 Å². The number of anilines is 1. The summed E-state index contributed by atoms with van der Waals surface area (Å²) in [5.74, 6) is 0.405. The standard InChI is InChI=1S/C16H21NO/c1-15(2)10-11(18)9-14-16(15,3)12-7-5-6-8-13(12)17(14)4/h5-8,14H,9-10H2,1-4H3/t14-,16-/m1/s1. The maximum absolute atomic E-state index is 12.0. The van der Waals surface area contributed by atoms with Gasteiger partial charge in [0.15, 0.2) is 0 Å². The van der Waals surface area contributed by atoms with Gasteiger partial charge < -0.3 is 4.90 Å². The van der Waals surface area contributed by atoms with Crippen LogP contribution in [-0.4, -0.2) is 18.9 Å². The fourth-order valence-electron chi connectivity index (χ4n) is 4.08. The van der Waals surface area contributed by atoms with Gasteiger partial charge in [0.1, 0.15) is 5.78 Å². The summed E-state index contributed by atoms with van der Waals surface area (Å²) in [5.41, 5.74) is 2.81. The van der Waals surface area contributed by atoms with Crippen molar-refractivity contribution in [1.29, 1.82) is 0 Å². The Bertz CT molecular complexity index is 520. The molecule has 2 aliphatic rings. The third-order valence-electron chi connectivity index (χ3n) is 5.44. The van der Waals surface area contributed by atoms with E-state index in [0.29, 0.717) is 24.7 Å². The Hall–Kier alpha value is -1.31. The molecular formula is C16H21NO. The first-order chi connectivity index (χ1) is 8.38. The average molecular weight is 243 g/mol. The summed E-state index contributed by atoms with van der Waals surface area (Å²) < 4.78 is 0. The average Bonchev–Trinajstić information content (AvgIpc) is 2.52. The second kappa shape index (κ2) is 3.37. The van der Waals surface area contributed by atoms with Gasteiger partial charge in [-0.25, -0.2) is 0 Å². The predicted octanol–water partition coefficient (Wildman–Crippen LogP) is 3.15. The van der Waals surface area contributed by atoms with E-state index in [-0.39, 0.29) is 10.8 Å².